The van der Waals surface area contributed by atoms with E-state index in [-0.39, 0.29) is 6.10 Å². The number of nitrogens with zero attached hydrogens (tertiary/aromatic N) is 1. The minimum absolute atomic E-state index is 0.225. The normalized spacial score (nSPS) is 22.9. The van der Waals surface area contributed by atoms with E-state index in [9.17, 15) is 5.11 Å². The van der Waals surface area contributed by atoms with E-state index in [0.29, 0.717) is 5.92 Å². The fourth-order valence-corrected chi connectivity index (χ4v) is 2.55. The molecule has 3 nitrogen and oxygen atoms in total. The Balaban J connectivity index is 2.00. The fraction of sp³-hybridized carbons (Fsp3) is 0.538. The first-order valence-electron chi connectivity index (χ1n) is 6.00. The van der Waals surface area contributed by atoms with Crippen molar-refractivity contribution in [1.29, 1.82) is 0 Å². The van der Waals surface area contributed by atoms with Gasteiger partial charge in [0.05, 0.1) is 6.10 Å². The molecule has 2 atom stereocenters. The Morgan fingerprint density at radius 1 is 1.59 bits per heavy atom. The van der Waals surface area contributed by atoms with Crippen molar-refractivity contribution in [3.05, 3.63) is 28.8 Å². The number of aliphatic hydroxyl groups is 1. The lowest BCUT2D eigenvalue weighted by molar-refractivity contribution is 0.127. The molecule has 0 radical (unpaired) electrons. The summed E-state index contributed by atoms with van der Waals surface area (Å²) < 4.78 is 0. The fourth-order valence-electron chi connectivity index (χ4n) is 2.35. The SMILES string of the molecule is CC(O)C1CCN(Cc2cc(Cl)ccc2N)C1. The van der Waals surface area contributed by atoms with Crippen molar-refractivity contribution in [3.8, 4) is 0 Å². The van der Waals surface area contributed by atoms with Crippen LogP contribution in [0, 0.1) is 5.92 Å². The van der Waals surface area contributed by atoms with E-state index in [0.717, 1.165) is 42.3 Å². The molecule has 1 heterocycles. The van der Waals surface area contributed by atoms with E-state index in [4.69, 9.17) is 17.3 Å². The maximum Gasteiger partial charge on any atom is 0.0552 e. The van der Waals surface area contributed by atoms with E-state index < -0.39 is 0 Å². The number of halogens is 1. The van der Waals surface area contributed by atoms with Crippen LogP contribution in [-0.2, 0) is 6.54 Å². The second-order valence-corrected chi connectivity index (χ2v) is 5.30. The van der Waals surface area contributed by atoms with Crippen LogP contribution in [-0.4, -0.2) is 29.2 Å². The predicted octanol–water partition coefficient (Wildman–Crippen LogP) is 2.12. The zero-order valence-corrected chi connectivity index (χ0v) is 10.8. The highest BCUT2D eigenvalue weighted by Gasteiger charge is 2.26. The van der Waals surface area contributed by atoms with E-state index in [1.165, 1.54) is 0 Å². The highest BCUT2D eigenvalue weighted by atomic mass is 35.5. The lowest BCUT2D eigenvalue weighted by atomic mass is 10.0. The molecular weight excluding hydrogens is 236 g/mol. The van der Waals surface area contributed by atoms with Crippen LogP contribution in [0.15, 0.2) is 18.2 Å². The van der Waals surface area contributed by atoms with Crippen LogP contribution < -0.4 is 5.73 Å². The summed E-state index contributed by atoms with van der Waals surface area (Å²) in [4.78, 5) is 2.32. The van der Waals surface area contributed by atoms with Gasteiger partial charge in [0.15, 0.2) is 0 Å². The number of benzene rings is 1. The molecule has 94 valence electrons. The molecule has 1 aliphatic rings. The van der Waals surface area contributed by atoms with Gasteiger partial charge in [0.25, 0.3) is 0 Å². The van der Waals surface area contributed by atoms with E-state index in [1.807, 2.05) is 25.1 Å². The molecule has 4 heteroatoms. The average molecular weight is 255 g/mol. The summed E-state index contributed by atoms with van der Waals surface area (Å²) in [6.07, 6.45) is 0.828. The van der Waals surface area contributed by atoms with E-state index in [1.54, 1.807) is 0 Å². The highest BCUT2D eigenvalue weighted by Crippen LogP contribution is 2.24. The van der Waals surface area contributed by atoms with Gasteiger partial charge in [-0.05, 0) is 49.6 Å². The van der Waals surface area contributed by atoms with Crippen LogP contribution in [0.25, 0.3) is 0 Å². The lowest BCUT2D eigenvalue weighted by Crippen LogP contribution is -2.24. The maximum absolute atomic E-state index is 9.56. The van der Waals surface area contributed by atoms with Crippen LogP contribution >= 0.6 is 11.6 Å². The summed E-state index contributed by atoms with van der Waals surface area (Å²) in [5.74, 6) is 0.385. The molecule has 2 rings (SSSR count). The van der Waals surface area contributed by atoms with Crippen LogP contribution in [0.5, 0.6) is 0 Å². The van der Waals surface area contributed by atoms with Gasteiger partial charge in [-0.3, -0.25) is 4.90 Å². The van der Waals surface area contributed by atoms with Gasteiger partial charge >= 0.3 is 0 Å². The first-order chi connectivity index (χ1) is 8.06. The van der Waals surface area contributed by atoms with Crippen molar-refractivity contribution in [2.24, 2.45) is 5.92 Å². The van der Waals surface area contributed by atoms with Gasteiger partial charge in [0.2, 0.25) is 0 Å². The molecule has 0 spiro atoms. The van der Waals surface area contributed by atoms with Gasteiger partial charge in [0, 0.05) is 23.8 Å². The molecule has 1 aliphatic heterocycles. The number of nitrogen functional groups attached to an aromatic ring is 1. The molecule has 0 aliphatic carbocycles. The number of hydrogen-bond acceptors (Lipinski definition) is 3. The molecule has 17 heavy (non-hydrogen) atoms. The second kappa shape index (κ2) is 5.25. The van der Waals surface area contributed by atoms with Crippen LogP contribution in [0.4, 0.5) is 5.69 Å². The zero-order valence-electron chi connectivity index (χ0n) is 10.1. The number of anilines is 1. The smallest absolute Gasteiger partial charge is 0.0552 e. The summed E-state index contributed by atoms with van der Waals surface area (Å²) in [6, 6.07) is 5.58. The zero-order chi connectivity index (χ0) is 12.4. The number of hydrogen-bond donors (Lipinski definition) is 2. The van der Waals surface area contributed by atoms with Crippen molar-refractivity contribution >= 4 is 17.3 Å². The van der Waals surface area contributed by atoms with Crippen molar-refractivity contribution < 1.29 is 5.11 Å². The average Bonchev–Trinajstić information content (AvgIpc) is 2.72. The van der Waals surface area contributed by atoms with Gasteiger partial charge in [0.1, 0.15) is 0 Å². The molecule has 3 N–H and O–H groups in total. The largest absolute Gasteiger partial charge is 0.398 e. The van der Waals surface area contributed by atoms with Crippen molar-refractivity contribution in [1.82, 2.24) is 4.90 Å². The van der Waals surface area contributed by atoms with Crippen LogP contribution in [0.2, 0.25) is 5.02 Å². The quantitative estimate of drug-likeness (QED) is 0.813. The third-order valence-electron chi connectivity index (χ3n) is 3.49. The minimum Gasteiger partial charge on any atom is -0.398 e. The number of nitrogens with two attached hydrogens (primary N) is 1. The standard InChI is InChI=1S/C13H19ClN2O/c1-9(17)10-4-5-16(7-10)8-11-6-12(14)2-3-13(11)15/h2-3,6,9-10,17H,4-5,7-8,15H2,1H3. The van der Waals surface area contributed by atoms with E-state index in [2.05, 4.69) is 4.90 Å². The third kappa shape index (κ3) is 3.12. The highest BCUT2D eigenvalue weighted by molar-refractivity contribution is 6.30. The molecule has 0 aromatic heterocycles. The summed E-state index contributed by atoms with van der Waals surface area (Å²) in [5.41, 5.74) is 7.79. The Morgan fingerprint density at radius 2 is 2.35 bits per heavy atom. The number of rotatable bonds is 3. The molecule has 2 unspecified atom stereocenters. The van der Waals surface area contributed by atoms with Gasteiger partial charge in [-0.2, -0.15) is 0 Å². The first kappa shape index (κ1) is 12.7. The third-order valence-corrected chi connectivity index (χ3v) is 3.73. The number of likely N-dealkylation sites (tertiary alicyclic amines) is 1. The van der Waals surface area contributed by atoms with Crippen molar-refractivity contribution in [2.75, 3.05) is 18.8 Å². The van der Waals surface area contributed by atoms with E-state index >= 15 is 0 Å². The van der Waals surface area contributed by atoms with Gasteiger partial charge in [-0.1, -0.05) is 11.6 Å². The monoisotopic (exact) mass is 254 g/mol. The summed E-state index contributed by atoms with van der Waals surface area (Å²) >= 11 is 5.97. The minimum atomic E-state index is -0.225. The Morgan fingerprint density at radius 3 is 3.00 bits per heavy atom. The Kier molecular flexibility index (Phi) is 3.92. The molecular formula is C13H19ClN2O. The van der Waals surface area contributed by atoms with Crippen molar-refractivity contribution in [3.63, 3.8) is 0 Å². The molecule has 1 saturated heterocycles. The maximum atomic E-state index is 9.56. The Labute approximate surface area is 107 Å². The second-order valence-electron chi connectivity index (χ2n) is 4.87. The number of aliphatic hydroxyl groups excluding tert-OH is 1. The Bertz CT molecular complexity index is 395. The molecule has 0 bridgehead atoms. The molecule has 0 amide bonds. The summed E-state index contributed by atoms with van der Waals surface area (Å²) in [6.45, 7) is 4.63. The van der Waals surface area contributed by atoms with Gasteiger partial charge in [-0.15, -0.1) is 0 Å². The van der Waals surface area contributed by atoms with Crippen LogP contribution in [0.3, 0.4) is 0 Å². The summed E-state index contributed by atoms with van der Waals surface area (Å²) in [5, 5.41) is 10.3. The predicted molar refractivity (Wildman–Crippen MR) is 70.9 cm³/mol. The Hall–Kier alpha value is -0.770. The molecule has 1 aromatic rings. The van der Waals surface area contributed by atoms with Gasteiger partial charge in [-0.25, -0.2) is 0 Å². The lowest BCUT2D eigenvalue weighted by Gasteiger charge is -2.18. The molecule has 1 fully saturated rings. The molecule has 0 saturated carbocycles. The molecule has 1 aromatic carbocycles. The topological polar surface area (TPSA) is 49.5 Å². The first-order valence-corrected chi connectivity index (χ1v) is 6.38. The van der Waals surface area contributed by atoms with Crippen LogP contribution in [0.1, 0.15) is 18.9 Å². The summed E-state index contributed by atoms with van der Waals surface area (Å²) in [7, 11) is 0. The van der Waals surface area contributed by atoms with Gasteiger partial charge < -0.3 is 10.8 Å². The van der Waals surface area contributed by atoms with Crippen molar-refractivity contribution in [2.45, 2.75) is 26.0 Å².